The van der Waals surface area contributed by atoms with Crippen molar-refractivity contribution in [1.82, 2.24) is 0 Å². The Morgan fingerprint density at radius 2 is 1.62 bits per heavy atom. The van der Waals surface area contributed by atoms with Gasteiger partial charge in [-0.1, -0.05) is 87.7 Å². The molecule has 0 aliphatic heterocycles. The first-order valence-corrected chi connectivity index (χ1v) is 13.5. The molecule has 3 aliphatic rings. The van der Waals surface area contributed by atoms with Crippen LogP contribution in [0.1, 0.15) is 79.1 Å². The summed E-state index contributed by atoms with van der Waals surface area (Å²) in [7, 11) is 0. The van der Waals surface area contributed by atoms with Crippen molar-refractivity contribution in [3.63, 3.8) is 0 Å². The third-order valence-corrected chi connectivity index (χ3v) is 9.77. The van der Waals surface area contributed by atoms with Crippen molar-refractivity contribution in [2.45, 2.75) is 79.1 Å². The Morgan fingerprint density at radius 1 is 0.912 bits per heavy atom. The van der Waals surface area contributed by atoms with Crippen molar-refractivity contribution in [3.8, 4) is 11.1 Å². The van der Waals surface area contributed by atoms with Crippen LogP contribution in [0.4, 0.5) is 5.69 Å². The lowest BCUT2D eigenvalue weighted by molar-refractivity contribution is -0.135. The van der Waals surface area contributed by atoms with Gasteiger partial charge >= 0.3 is 0 Å². The van der Waals surface area contributed by atoms with Crippen LogP contribution in [0.5, 0.6) is 0 Å². The van der Waals surface area contributed by atoms with Crippen molar-refractivity contribution < 1.29 is 4.79 Å². The zero-order valence-corrected chi connectivity index (χ0v) is 21.5. The van der Waals surface area contributed by atoms with Gasteiger partial charge < -0.3 is 5.32 Å². The van der Waals surface area contributed by atoms with Crippen molar-refractivity contribution in [2.75, 3.05) is 5.32 Å². The van der Waals surface area contributed by atoms with Crippen LogP contribution in [0.3, 0.4) is 0 Å². The van der Waals surface area contributed by atoms with Crippen LogP contribution in [0.15, 0.2) is 65.7 Å². The highest BCUT2D eigenvalue weighted by Gasteiger charge is 2.55. The second kappa shape index (κ2) is 9.02. The van der Waals surface area contributed by atoms with Gasteiger partial charge in [0.15, 0.2) is 0 Å². The molecule has 2 nitrogen and oxygen atoms in total. The molecule has 2 heteroatoms. The van der Waals surface area contributed by atoms with E-state index in [9.17, 15) is 4.79 Å². The van der Waals surface area contributed by atoms with Gasteiger partial charge in [-0.25, -0.2) is 0 Å². The first-order chi connectivity index (χ1) is 16.3. The summed E-state index contributed by atoms with van der Waals surface area (Å²) in [6.45, 7) is 9.53. The minimum Gasteiger partial charge on any atom is -0.326 e. The van der Waals surface area contributed by atoms with E-state index in [1.807, 2.05) is 6.07 Å². The van der Waals surface area contributed by atoms with Crippen molar-refractivity contribution >= 4 is 11.6 Å². The van der Waals surface area contributed by atoms with Gasteiger partial charge in [0.05, 0.1) is 5.41 Å². The SMILES string of the molecule is CC(C)C1CCC2=C(CCC3C2(C)CCC[C@@]3(C)C(=O)Nc2ccc(-c3ccccc3)cc2)C1. The minimum atomic E-state index is -0.307. The van der Waals surface area contributed by atoms with Crippen LogP contribution in [-0.2, 0) is 4.79 Å². The summed E-state index contributed by atoms with van der Waals surface area (Å²) >= 11 is 0. The molecule has 0 heterocycles. The molecule has 2 aromatic rings. The van der Waals surface area contributed by atoms with E-state index in [0.717, 1.165) is 36.8 Å². The Balaban J connectivity index is 1.35. The fourth-order valence-electron chi connectivity index (χ4n) is 7.67. The lowest BCUT2D eigenvalue weighted by Gasteiger charge is -2.56. The number of nitrogens with one attached hydrogen (secondary N) is 1. The molecule has 0 saturated heterocycles. The first kappa shape index (κ1) is 23.4. The number of rotatable bonds is 4. The van der Waals surface area contributed by atoms with Crippen LogP contribution >= 0.6 is 0 Å². The lowest BCUT2D eigenvalue weighted by atomic mass is 9.48. The monoisotopic (exact) mass is 455 g/mol. The maximum absolute atomic E-state index is 13.8. The summed E-state index contributed by atoms with van der Waals surface area (Å²) in [4.78, 5) is 13.8. The van der Waals surface area contributed by atoms with Crippen LogP contribution in [0, 0.1) is 28.6 Å². The summed E-state index contributed by atoms with van der Waals surface area (Å²) < 4.78 is 0. The van der Waals surface area contributed by atoms with Crippen LogP contribution in [0.2, 0.25) is 0 Å². The van der Waals surface area contributed by atoms with E-state index in [-0.39, 0.29) is 16.7 Å². The summed E-state index contributed by atoms with van der Waals surface area (Å²) in [5.41, 5.74) is 6.67. The molecular formula is C32H41NO. The Labute approximate surface area is 206 Å². The van der Waals surface area contributed by atoms with Crippen LogP contribution < -0.4 is 5.32 Å². The first-order valence-electron chi connectivity index (χ1n) is 13.5. The minimum absolute atomic E-state index is 0.192. The lowest BCUT2D eigenvalue weighted by Crippen LogP contribution is -2.52. The van der Waals surface area contributed by atoms with Gasteiger partial charge in [0.1, 0.15) is 0 Å². The van der Waals surface area contributed by atoms with Gasteiger partial charge in [0, 0.05) is 5.69 Å². The second-order valence-corrected chi connectivity index (χ2v) is 12.0. The molecule has 4 atom stereocenters. The molecule has 0 bridgehead atoms. The molecule has 0 spiro atoms. The van der Waals surface area contributed by atoms with Gasteiger partial charge in [-0.05, 0) is 91.4 Å². The van der Waals surface area contributed by atoms with Gasteiger partial charge in [-0.2, -0.15) is 0 Å². The van der Waals surface area contributed by atoms with Gasteiger partial charge in [-0.15, -0.1) is 0 Å². The largest absolute Gasteiger partial charge is 0.326 e. The number of amides is 1. The summed E-state index contributed by atoms with van der Waals surface area (Å²) in [5.74, 6) is 2.27. The number of benzene rings is 2. The fraction of sp³-hybridized carbons (Fsp3) is 0.531. The molecule has 0 radical (unpaired) electrons. The van der Waals surface area contributed by atoms with E-state index in [1.54, 1.807) is 11.1 Å². The summed E-state index contributed by atoms with van der Waals surface area (Å²) in [6.07, 6.45) is 9.64. The maximum atomic E-state index is 13.8. The molecule has 1 fully saturated rings. The van der Waals surface area contributed by atoms with Gasteiger partial charge in [0.25, 0.3) is 0 Å². The summed E-state index contributed by atoms with van der Waals surface area (Å²) in [5, 5.41) is 3.32. The predicted molar refractivity (Wildman–Crippen MR) is 143 cm³/mol. The number of carbonyl (C=O) groups is 1. The number of carbonyl (C=O) groups excluding carboxylic acids is 1. The zero-order valence-electron chi connectivity index (χ0n) is 21.5. The van der Waals surface area contributed by atoms with Crippen molar-refractivity contribution in [3.05, 3.63) is 65.7 Å². The zero-order chi connectivity index (χ0) is 23.9. The highest BCUT2D eigenvalue weighted by molar-refractivity contribution is 5.95. The smallest absolute Gasteiger partial charge is 0.230 e. The molecule has 3 aliphatic carbocycles. The number of fused-ring (bicyclic) bond motifs is 2. The second-order valence-electron chi connectivity index (χ2n) is 12.0. The molecule has 5 rings (SSSR count). The van der Waals surface area contributed by atoms with Gasteiger partial charge in [-0.3, -0.25) is 4.79 Å². The predicted octanol–water partition coefficient (Wildman–Crippen LogP) is 8.65. The molecule has 1 amide bonds. The van der Waals surface area contributed by atoms with E-state index in [2.05, 4.69) is 81.5 Å². The third kappa shape index (κ3) is 4.04. The third-order valence-electron chi connectivity index (χ3n) is 9.77. The number of hydrogen-bond acceptors (Lipinski definition) is 1. The number of anilines is 1. The Kier molecular flexibility index (Phi) is 6.21. The number of hydrogen-bond donors (Lipinski definition) is 1. The number of allylic oxidation sites excluding steroid dienone is 2. The van der Waals surface area contributed by atoms with Crippen molar-refractivity contribution in [1.29, 1.82) is 0 Å². The molecular weight excluding hydrogens is 414 g/mol. The summed E-state index contributed by atoms with van der Waals surface area (Å²) in [6, 6.07) is 18.7. The molecule has 1 N–H and O–H groups in total. The topological polar surface area (TPSA) is 29.1 Å². The maximum Gasteiger partial charge on any atom is 0.230 e. The standard InChI is InChI=1S/C32H41NO/c1-22(2)25-13-17-28-26(21-25)14-18-29-31(28,3)19-8-20-32(29,4)30(34)33-27-15-11-24(12-16-27)23-9-6-5-7-10-23/h5-7,9-12,15-16,22,25,29H,8,13-14,17-21H2,1-4H3,(H,33,34)/t25?,29?,31?,32-/m1/s1. The van der Waals surface area contributed by atoms with E-state index in [0.29, 0.717) is 5.92 Å². The van der Waals surface area contributed by atoms with E-state index in [1.165, 1.54) is 43.2 Å². The Bertz CT molecular complexity index is 1070. The average Bonchev–Trinajstić information content (AvgIpc) is 2.84. The molecule has 1 saturated carbocycles. The van der Waals surface area contributed by atoms with E-state index < -0.39 is 0 Å². The molecule has 3 unspecified atom stereocenters. The highest BCUT2D eigenvalue weighted by Crippen LogP contribution is 2.62. The normalized spacial score (nSPS) is 31.1. The van der Waals surface area contributed by atoms with Gasteiger partial charge in [0.2, 0.25) is 5.91 Å². The molecule has 34 heavy (non-hydrogen) atoms. The van der Waals surface area contributed by atoms with Crippen LogP contribution in [-0.4, -0.2) is 5.91 Å². The molecule has 2 aromatic carbocycles. The quantitative estimate of drug-likeness (QED) is 0.459. The van der Waals surface area contributed by atoms with E-state index >= 15 is 0 Å². The average molecular weight is 456 g/mol. The fourth-order valence-corrected chi connectivity index (χ4v) is 7.67. The molecule has 180 valence electrons. The van der Waals surface area contributed by atoms with E-state index in [4.69, 9.17) is 0 Å². The Hall–Kier alpha value is -2.35. The van der Waals surface area contributed by atoms with Crippen molar-refractivity contribution in [2.24, 2.45) is 28.6 Å². The molecule has 0 aromatic heterocycles. The van der Waals surface area contributed by atoms with Crippen LogP contribution in [0.25, 0.3) is 11.1 Å². The Morgan fingerprint density at radius 3 is 2.32 bits per heavy atom. The highest BCUT2D eigenvalue weighted by atomic mass is 16.2.